The Hall–Kier alpha value is -1.00. The van der Waals surface area contributed by atoms with Gasteiger partial charge in [0.15, 0.2) is 5.75 Å². The van der Waals surface area contributed by atoms with Gasteiger partial charge in [0.1, 0.15) is 0 Å². The van der Waals surface area contributed by atoms with Gasteiger partial charge in [-0.1, -0.05) is 0 Å². The maximum atomic E-state index is 11.0. The number of pyridine rings is 1. The highest BCUT2D eigenvalue weighted by molar-refractivity contribution is 5.85. The lowest BCUT2D eigenvalue weighted by Gasteiger charge is -2.16. The largest absolute Gasteiger partial charge is 0.503 e. The lowest BCUT2D eigenvalue weighted by atomic mass is 10.2. The number of aliphatic hydroxyl groups excluding tert-OH is 1. The van der Waals surface area contributed by atoms with Gasteiger partial charge in [-0.15, -0.1) is 12.4 Å². The van der Waals surface area contributed by atoms with Crippen molar-refractivity contribution in [2.45, 2.75) is 19.9 Å². The van der Waals surface area contributed by atoms with Crippen LogP contribution in [0.5, 0.6) is 5.75 Å². The first-order chi connectivity index (χ1) is 6.07. The first kappa shape index (κ1) is 13.0. The fraction of sp³-hybridized carbons (Fsp3) is 0.444. The molecule has 0 bridgehead atoms. The first-order valence-corrected chi connectivity index (χ1v) is 4.09. The van der Waals surface area contributed by atoms with Crippen molar-refractivity contribution in [3.05, 3.63) is 28.2 Å². The summed E-state index contributed by atoms with van der Waals surface area (Å²) in [7, 11) is 0. The lowest BCUT2D eigenvalue weighted by Crippen LogP contribution is -2.15. The number of aliphatic hydroxyl groups is 1. The van der Waals surface area contributed by atoms with E-state index in [1.54, 1.807) is 24.6 Å². The highest BCUT2D eigenvalue weighted by Gasteiger charge is 2.09. The zero-order valence-corrected chi connectivity index (χ0v) is 8.91. The molecule has 0 aliphatic heterocycles. The van der Waals surface area contributed by atoms with Crippen LogP contribution in [0.15, 0.2) is 17.1 Å². The summed E-state index contributed by atoms with van der Waals surface area (Å²) in [6, 6.07) is 1.15. The minimum atomic E-state index is -0.390. The van der Waals surface area contributed by atoms with Gasteiger partial charge in [0.2, 0.25) is 5.43 Å². The van der Waals surface area contributed by atoms with Crippen LogP contribution in [0, 0.1) is 6.92 Å². The van der Waals surface area contributed by atoms with Crippen molar-refractivity contribution in [2.75, 3.05) is 6.61 Å². The third-order valence-electron chi connectivity index (χ3n) is 2.09. The van der Waals surface area contributed by atoms with E-state index in [4.69, 9.17) is 5.11 Å². The molecule has 2 N–H and O–H groups in total. The molecular formula is C9H14ClNO3. The van der Waals surface area contributed by atoms with Crippen LogP contribution in [0.1, 0.15) is 18.7 Å². The van der Waals surface area contributed by atoms with Crippen molar-refractivity contribution in [1.82, 2.24) is 4.57 Å². The number of aromatic hydroxyl groups is 1. The van der Waals surface area contributed by atoms with Gasteiger partial charge in [-0.3, -0.25) is 4.79 Å². The van der Waals surface area contributed by atoms with E-state index < -0.39 is 0 Å². The van der Waals surface area contributed by atoms with Crippen LogP contribution in [-0.4, -0.2) is 21.4 Å². The normalized spacial score (nSPS) is 11.9. The van der Waals surface area contributed by atoms with Crippen molar-refractivity contribution in [1.29, 1.82) is 0 Å². The van der Waals surface area contributed by atoms with Crippen molar-refractivity contribution in [3.63, 3.8) is 0 Å². The van der Waals surface area contributed by atoms with Gasteiger partial charge in [0, 0.05) is 12.3 Å². The minimum Gasteiger partial charge on any atom is -0.503 e. The zero-order chi connectivity index (χ0) is 10.0. The van der Waals surface area contributed by atoms with E-state index >= 15 is 0 Å². The molecule has 1 atom stereocenters. The van der Waals surface area contributed by atoms with E-state index in [-0.39, 0.29) is 36.2 Å². The van der Waals surface area contributed by atoms with Crippen molar-refractivity contribution in [3.8, 4) is 5.75 Å². The van der Waals surface area contributed by atoms with Gasteiger partial charge >= 0.3 is 0 Å². The molecule has 0 amide bonds. The Kier molecular flexibility index (Phi) is 4.67. The van der Waals surface area contributed by atoms with E-state index in [1.165, 1.54) is 6.07 Å². The van der Waals surface area contributed by atoms with Gasteiger partial charge in [0.25, 0.3) is 0 Å². The first-order valence-electron chi connectivity index (χ1n) is 4.09. The maximum Gasteiger partial charge on any atom is 0.223 e. The topological polar surface area (TPSA) is 62.5 Å². The molecule has 0 aliphatic rings. The second-order valence-corrected chi connectivity index (χ2v) is 3.05. The number of halogens is 1. The van der Waals surface area contributed by atoms with Gasteiger partial charge in [0.05, 0.1) is 18.3 Å². The number of hydrogen-bond acceptors (Lipinski definition) is 3. The van der Waals surface area contributed by atoms with E-state index in [0.29, 0.717) is 5.69 Å². The van der Waals surface area contributed by atoms with Crippen molar-refractivity contribution >= 4 is 12.4 Å². The molecule has 0 saturated carbocycles. The Balaban J connectivity index is 0.00000169. The molecule has 1 aromatic heterocycles. The molecule has 14 heavy (non-hydrogen) atoms. The minimum absolute atomic E-state index is 0. The summed E-state index contributed by atoms with van der Waals surface area (Å²) >= 11 is 0. The Labute approximate surface area is 88.2 Å². The van der Waals surface area contributed by atoms with Crippen LogP contribution in [0.4, 0.5) is 0 Å². The standard InChI is InChI=1S/C9H13NO3.ClH/c1-6(5-11)10-4-3-8(12)9(13)7(10)2;/h3-4,6,11,13H,5H2,1-2H3;1H/t6-;/m0./s1. The second-order valence-electron chi connectivity index (χ2n) is 3.05. The van der Waals surface area contributed by atoms with Crippen LogP contribution in [0.25, 0.3) is 0 Å². The average molecular weight is 220 g/mol. The summed E-state index contributed by atoms with van der Waals surface area (Å²) in [6.45, 7) is 3.42. The molecule has 0 radical (unpaired) electrons. The van der Waals surface area contributed by atoms with Gasteiger partial charge < -0.3 is 14.8 Å². The van der Waals surface area contributed by atoms with E-state index in [0.717, 1.165) is 0 Å². The molecule has 0 spiro atoms. The molecule has 0 unspecified atom stereocenters. The van der Waals surface area contributed by atoms with Gasteiger partial charge in [-0.05, 0) is 13.8 Å². The Morgan fingerprint density at radius 1 is 1.57 bits per heavy atom. The molecule has 0 fully saturated rings. The Morgan fingerprint density at radius 3 is 2.64 bits per heavy atom. The summed E-state index contributed by atoms with van der Waals surface area (Å²) in [5.41, 5.74) is 0.0907. The zero-order valence-electron chi connectivity index (χ0n) is 8.10. The predicted molar refractivity (Wildman–Crippen MR) is 56.1 cm³/mol. The molecule has 4 nitrogen and oxygen atoms in total. The molecular weight excluding hydrogens is 206 g/mol. The van der Waals surface area contributed by atoms with Crippen LogP contribution in [0.3, 0.4) is 0 Å². The number of hydrogen-bond donors (Lipinski definition) is 2. The molecule has 1 rings (SSSR count). The number of rotatable bonds is 2. The molecule has 0 aromatic carbocycles. The van der Waals surface area contributed by atoms with Crippen LogP contribution < -0.4 is 5.43 Å². The van der Waals surface area contributed by atoms with Crippen LogP contribution >= 0.6 is 12.4 Å². The summed E-state index contributed by atoms with van der Waals surface area (Å²) in [5, 5.41) is 18.2. The molecule has 1 heterocycles. The van der Waals surface area contributed by atoms with E-state index in [9.17, 15) is 9.90 Å². The summed E-state index contributed by atoms with van der Waals surface area (Å²) in [5.74, 6) is -0.247. The molecule has 0 saturated heterocycles. The van der Waals surface area contributed by atoms with Crippen molar-refractivity contribution in [2.24, 2.45) is 0 Å². The fourth-order valence-corrected chi connectivity index (χ4v) is 1.20. The van der Waals surface area contributed by atoms with E-state index in [2.05, 4.69) is 0 Å². The molecule has 1 aromatic rings. The summed E-state index contributed by atoms with van der Waals surface area (Å²) in [6.07, 6.45) is 1.57. The van der Waals surface area contributed by atoms with E-state index in [1.807, 2.05) is 0 Å². The Bertz CT molecular complexity index is 362. The van der Waals surface area contributed by atoms with Crippen molar-refractivity contribution < 1.29 is 10.2 Å². The molecule has 5 heteroatoms. The van der Waals surface area contributed by atoms with Crippen LogP contribution in [-0.2, 0) is 0 Å². The SMILES string of the molecule is Cc1c(O)c(=O)ccn1[C@@H](C)CO.Cl. The van der Waals surface area contributed by atoms with Gasteiger partial charge in [-0.2, -0.15) is 0 Å². The second kappa shape index (κ2) is 5.02. The lowest BCUT2D eigenvalue weighted by molar-refractivity contribution is 0.235. The molecule has 80 valence electrons. The monoisotopic (exact) mass is 219 g/mol. The third kappa shape index (κ3) is 2.27. The number of nitrogens with zero attached hydrogens (tertiary/aromatic N) is 1. The quantitative estimate of drug-likeness (QED) is 0.775. The molecule has 0 aliphatic carbocycles. The predicted octanol–water partition coefficient (Wildman–Crippen LogP) is 0.837. The van der Waals surface area contributed by atoms with Gasteiger partial charge in [-0.25, -0.2) is 0 Å². The Morgan fingerprint density at radius 2 is 2.14 bits per heavy atom. The maximum absolute atomic E-state index is 11.0. The average Bonchev–Trinajstić information content (AvgIpc) is 2.13. The number of aromatic nitrogens is 1. The summed E-state index contributed by atoms with van der Waals surface area (Å²) in [4.78, 5) is 11.0. The third-order valence-corrected chi connectivity index (χ3v) is 2.09. The smallest absolute Gasteiger partial charge is 0.223 e. The highest BCUT2D eigenvalue weighted by Crippen LogP contribution is 2.14. The summed E-state index contributed by atoms with van der Waals surface area (Å²) < 4.78 is 1.66. The highest BCUT2D eigenvalue weighted by atomic mass is 35.5. The fourth-order valence-electron chi connectivity index (χ4n) is 1.20. The van der Waals surface area contributed by atoms with Crippen LogP contribution in [0.2, 0.25) is 0 Å².